The van der Waals surface area contributed by atoms with Crippen molar-refractivity contribution in [2.75, 3.05) is 6.61 Å². The molecule has 0 spiro atoms. The van der Waals surface area contributed by atoms with E-state index in [9.17, 15) is 4.79 Å². The van der Waals surface area contributed by atoms with Crippen LogP contribution < -0.4 is 10.2 Å². The second-order valence-corrected chi connectivity index (χ2v) is 5.96. The molecule has 3 aromatic carbocycles. The van der Waals surface area contributed by atoms with Crippen molar-refractivity contribution in [3.05, 3.63) is 77.4 Å². The minimum absolute atomic E-state index is 0.0701. The molecule has 0 bridgehead atoms. The van der Waals surface area contributed by atoms with Gasteiger partial charge >= 0.3 is 0 Å². The Labute approximate surface area is 147 Å². The number of hydrogen-bond donors (Lipinski definition) is 1. The lowest BCUT2D eigenvalue weighted by Crippen LogP contribution is -2.24. The van der Waals surface area contributed by atoms with Crippen LogP contribution in [-0.4, -0.2) is 18.7 Å². The summed E-state index contributed by atoms with van der Waals surface area (Å²) >= 11 is 0. The molecule has 1 amide bonds. The fraction of sp³-hybridized carbons (Fsp3) is 0.143. The number of hydrogen-bond acceptors (Lipinski definition) is 3. The van der Waals surface area contributed by atoms with E-state index in [2.05, 4.69) is 16.6 Å². The molecule has 0 aromatic heterocycles. The highest BCUT2D eigenvalue weighted by atomic mass is 16.5. The topological polar surface area (TPSA) is 50.7 Å². The summed E-state index contributed by atoms with van der Waals surface area (Å²) in [5, 5.41) is 6.30. The minimum atomic E-state index is -0.294. The van der Waals surface area contributed by atoms with E-state index in [-0.39, 0.29) is 12.5 Å². The Morgan fingerprint density at radius 2 is 1.84 bits per heavy atom. The fourth-order valence-corrected chi connectivity index (χ4v) is 2.51. The highest BCUT2D eigenvalue weighted by Crippen LogP contribution is 2.18. The largest absolute Gasteiger partial charge is 0.483 e. The Bertz CT molecular complexity index is 932. The Kier molecular flexibility index (Phi) is 5.09. The van der Waals surface area contributed by atoms with Gasteiger partial charge in [0.1, 0.15) is 5.75 Å². The molecule has 0 saturated heterocycles. The van der Waals surface area contributed by atoms with Gasteiger partial charge in [-0.05, 0) is 53.4 Å². The summed E-state index contributed by atoms with van der Waals surface area (Å²) < 4.78 is 5.55. The van der Waals surface area contributed by atoms with Crippen molar-refractivity contribution in [2.24, 2.45) is 5.10 Å². The molecule has 0 saturated carbocycles. The van der Waals surface area contributed by atoms with Gasteiger partial charge in [-0.3, -0.25) is 4.79 Å². The number of amides is 1. The molecule has 0 aliphatic heterocycles. The Balaban J connectivity index is 1.55. The lowest BCUT2D eigenvalue weighted by molar-refractivity contribution is -0.123. The van der Waals surface area contributed by atoms with Gasteiger partial charge in [0.05, 0.1) is 6.21 Å². The first-order valence-corrected chi connectivity index (χ1v) is 8.12. The van der Waals surface area contributed by atoms with Crippen molar-refractivity contribution in [3.8, 4) is 5.75 Å². The predicted octanol–water partition coefficient (Wildman–Crippen LogP) is 3.99. The second kappa shape index (κ2) is 7.62. The number of rotatable bonds is 5. The standard InChI is InChI=1S/C21H20N2O2/c1-15-7-8-16(2)20(11-15)25-14-21(24)23-22-13-17-9-10-18-5-3-4-6-19(18)12-17/h3-13H,14H2,1-2H3,(H,23,24). The molecular formula is C21H20N2O2. The molecular weight excluding hydrogens is 312 g/mol. The van der Waals surface area contributed by atoms with Crippen LogP contribution >= 0.6 is 0 Å². The molecule has 4 heteroatoms. The highest BCUT2D eigenvalue weighted by molar-refractivity contribution is 5.90. The first-order chi connectivity index (χ1) is 12.1. The molecule has 126 valence electrons. The van der Waals surface area contributed by atoms with Gasteiger partial charge in [0.2, 0.25) is 0 Å². The number of fused-ring (bicyclic) bond motifs is 1. The van der Waals surface area contributed by atoms with Crippen LogP contribution in [-0.2, 0) is 4.79 Å². The average molecular weight is 332 g/mol. The van der Waals surface area contributed by atoms with E-state index in [0.717, 1.165) is 22.1 Å². The number of carbonyl (C=O) groups excluding carboxylic acids is 1. The fourth-order valence-electron chi connectivity index (χ4n) is 2.51. The van der Waals surface area contributed by atoms with Crippen LogP contribution in [0, 0.1) is 13.8 Å². The lowest BCUT2D eigenvalue weighted by Gasteiger charge is -2.08. The number of ether oxygens (including phenoxy) is 1. The summed E-state index contributed by atoms with van der Waals surface area (Å²) in [7, 11) is 0. The van der Waals surface area contributed by atoms with Gasteiger partial charge < -0.3 is 4.74 Å². The quantitative estimate of drug-likeness (QED) is 0.567. The Hall–Kier alpha value is -3.14. The van der Waals surface area contributed by atoms with E-state index in [4.69, 9.17) is 4.74 Å². The van der Waals surface area contributed by atoms with Gasteiger partial charge in [0.25, 0.3) is 5.91 Å². The van der Waals surface area contributed by atoms with Crippen LogP contribution in [0.2, 0.25) is 0 Å². The normalized spacial score (nSPS) is 11.0. The molecule has 0 unspecified atom stereocenters. The zero-order chi connectivity index (χ0) is 17.6. The van der Waals surface area contributed by atoms with Crippen LogP contribution in [0.3, 0.4) is 0 Å². The maximum atomic E-state index is 11.9. The van der Waals surface area contributed by atoms with Gasteiger partial charge in [-0.1, -0.05) is 48.5 Å². The third-order valence-electron chi connectivity index (χ3n) is 3.88. The van der Waals surface area contributed by atoms with Crippen LogP contribution in [0.15, 0.2) is 65.8 Å². The monoisotopic (exact) mass is 332 g/mol. The van der Waals surface area contributed by atoms with Crippen LogP contribution in [0.1, 0.15) is 16.7 Å². The number of aryl methyl sites for hydroxylation is 2. The van der Waals surface area contributed by atoms with Gasteiger partial charge in [-0.25, -0.2) is 5.43 Å². The molecule has 25 heavy (non-hydrogen) atoms. The van der Waals surface area contributed by atoms with Crippen molar-refractivity contribution in [1.82, 2.24) is 5.43 Å². The molecule has 0 aliphatic carbocycles. The molecule has 0 fully saturated rings. The van der Waals surface area contributed by atoms with Gasteiger partial charge in [0.15, 0.2) is 6.61 Å². The number of hydrazone groups is 1. The second-order valence-electron chi connectivity index (χ2n) is 5.96. The third-order valence-corrected chi connectivity index (χ3v) is 3.88. The third kappa shape index (κ3) is 4.44. The summed E-state index contributed by atoms with van der Waals surface area (Å²) in [6.45, 7) is 3.87. The molecule has 4 nitrogen and oxygen atoms in total. The predicted molar refractivity (Wildman–Crippen MR) is 101 cm³/mol. The van der Waals surface area contributed by atoms with Crippen molar-refractivity contribution in [2.45, 2.75) is 13.8 Å². The van der Waals surface area contributed by atoms with Crippen LogP contribution in [0.5, 0.6) is 5.75 Å². The number of nitrogens with one attached hydrogen (secondary N) is 1. The SMILES string of the molecule is Cc1ccc(C)c(OCC(=O)NN=Cc2ccc3ccccc3c2)c1. The average Bonchev–Trinajstić information content (AvgIpc) is 2.62. The molecule has 0 atom stereocenters. The van der Waals surface area contributed by atoms with E-state index in [1.54, 1.807) is 6.21 Å². The van der Waals surface area contributed by atoms with Crippen molar-refractivity contribution >= 4 is 22.9 Å². The van der Waals surface area contributed by atoms with E-state index >= 15 is 0 Å². The number of carbonyl (C=O) groups is 1. The summed E-state index contributed by atoms with van der Waals surface area (Å²) in [5.74, 6) is 0.423. The van der Waals surface area contributed by atoms with E-state index in [1.807, 2.05) is 68.4 Å². The zero-order valence-electron chi connectivity index (χ0n) is 14.3. The van der Waals surface area contributed by atoms with Gasteiger partial charge in [-0.2, -0.15) is 5.10 Å². The maximum absolute atomic E-state index is 11.9. The van der Waals surface area contributed by atoms with Gasteiger partial charge in [0, 0.05) is 0 Å². The Morgan fingerprint density at radius 3 is 2.68 bits per heavy atom. The molecule has 0 heterocycles. The molecule has 0 radical (unpaired) electrons. The van der Waals surface area contributed by atoms with E-state index in [1.165, 1.54) is 5.39 Å². The molecule has 1 N–H and O–H groups in total. The summed E-state index contributed by atoms with van der Waals surface area (Å²) in [5.41, 5.74) is 5.51. The van der Waals surface area contributed by atoms with Crippen molar-refractivity contribution in [1.29, 1.82) is 0 Å². The summed E-state index contributed by atoms with van der Waals surface area (Å²) in [6.07, 6.45) is 1.63. The molecule has 3 rings (SSSR count). The number of benzene rings is 3. The van der Waals surface area contributed by atoms with E-state index in [0.29, 0.717) is 5.75 Å². The highest BCUT2D eigenvalue weighted by Gasteiger charge is 2.04. The van der Waals surface area contributed by atoms with Crippen LogP contribution in [0.4, 0.5) is 0 Å². The Morgan fingerprint density at radius 1 is 1.04 bits per heavy atom. The minimum Gasteiger partial charge on any atom is -0.483 e. The van der Waals surface area contributed by atoms with Crippen LogP contribution in [0.25, 0.3) is 10.8 Å². The van der Waals surface area contributed by atoms with E-state index < -0.39 is 0 Å². The van der Waals surface area contributed by atoms with Gasteiger partial charge in [-0.15, -0.1) is 0 Å². The maximum Gasteiger partial charge on any atom is 0.277 e. The lowest BCUT2D eigenvalue weighted by atomic mass is 10.1. The molecule has 0 aliphatic rings. The smallest absolute Gasteiger partial charge is 0.277 e. The van der Waals surface area contributed by atoms with Crippen molar-refractivity contribution < 1.29 is 9.53 Å². The first-order valence-electron chi connectivity index (χ1n) is 8.12. The summed E-state index contributed by atoms with van der Waals surface area (Å²) in [4.78, 5) is 11.9. The first kappa shape index (κ1) is 16.7. The zero-order valence-corrected chi connectivity index (χ0v) is 14.3. The number of nitrogens with zero attached hydrogens (tertiary/aromatic N) is 1. The summed E-state index contributed by atoms with van der Waals surface area (Å²) in [6, 6.07) is 20.0. The van der Waals surface area contributed by atoms with Crippen molar-refractivity contribution in [3.63, 3.8) is 0 Å². The molecule has 3 aromatic rings.